The van der Waals surface area contributed by atoms with Crippen LogP contribution in [-0.4, -0.2) is 15.0 Å². The minimum Gasteiger partial charge on any atom is -0.337 e. The van der Waals surface area contributed by atoms with E-state index >= 15 is 0 Å². The Morgan fingerprint density at radius 1 is 1.00 bits per heavy atom. The molecule has 0 fully saturated rings. The molecule has 0 aliphatic rings. The monoisotopic (exact) mass is 343 g/mol. The van der Waals surface area contributed by atoms with Crippen molar-refractivity contribution in [2.45, 2.75) is 6.92 Å². The van der Waals surface area contributed by atoms with Gasteiger partial charge in [-0.2, -0.15) is 0 Å². The zero-order valence-corrected chi connectivity index (χ0v) is 13.9. The number of H-pyrrole nitrogens is 2. The summed E-state index contributed by atoms with van der Waals surface area (Å²) < 4.78 is 13.9. The van der Waals surface area contributed by atoms with Crippen molar-refractivity contribution in [1.82, 2.24) is 15.0 Å². The number of imidazole rings is 1. The number of aryl methyl sites for hydroxylation is 1. The van der Waals surface area contributed by atoms with Crippen molar-refractivity contribution in [2.75, 3.05) is 0 Å². The predicted octanol–water partition coefficient (Wildman–Crippen LogP) is 4.67. The van der Waals surface area contributed by atoms with Crippen LogP contribution in [0.5, 0.6) is 0 Å². The number of nitrogens with zero attached hydrogens (tertiary/aromatic N) is 1. The predicted molar refractivity (Wildman–Crippen MR) is 102 cm³/mol. The first-order chi connectivity index (χ1) is 12.6. The van der Waals surface area contributed by atoms with Crippen LogP contribution in [0, 0.1) is 12.7 Å². The summed E-state index contributed by atoms with van der Waals surface area (Å²) in [5, 5.41) is 2.52. The molecule has 0 radical (unpaired) electrons. The molecule has 2 N–H and O–H groups in total. The Kier molecular flexibility index (Phi) is 3.00. The summed E-state index contributed by atoms with van der Waals surface area (Å²) in [6, 6.07) is 14.3. The van der Waals surface area contributed by atoms with Crippen molar-refractivity contribution < 1.29 is 4.39 Å². The van der Waals surface area contributed by atoms with Gasteiger partial charge >= 0.3 is 0 Å². The van der Waals surface area contributed by atoms with Crippen LogP contribution in [0.3, 0.4) is 0 Å². The highest BCUT2D eigenvalue weighted by atomic mass is 19.1. The van der Waals surface area contributed by atoms with Gasteiger partial charge in [0.25, 0.3) is 5.56 Å². The van der Waals surface area contributed by atoms with Crippen molar-refractivity contribution in [3.8, 4) is 11.4 Å². The van der Waals surface area contributed by atoms with Crippen molar-refractivity contribution >= 4 is 32.6 Å². The van der Waals surface area contributed by atoms with Gasteiger partial charge in [-0.15, -0.1) is 0 Å². The molecule has 126 valence electrons. The quantitative estimate of drug-likeness (QED) is 0.434. The van der Waals surface area contributed by atoms with Gasteiger partial charge in [-0.25, -0.2) is 9.37 Å². The molecule has 0 saturated heterocycles. The molecule has 0 bridgehead atoms. The van der Waals surface area contributed by atoms with Gasteiger partial charge in [0.2, 0.25) is 0 Å². The number of aromatic nitrogens is 3. The second-order valence-electron chi connectivity index (χ2n) is 6.41. The highest BCUT2D eigenvalue weighted by Crippen LogP contribution is 2.34. The lowest BCUT2D eigenvalue weighted by atomic mass is 10.0. The van der Waals surface area contributed by atoms with E-state index in [1.807, 2.05) is 37.3 Å². The molecule has 0 spiro atoms. The SMILES string of the molecule is Cc1ccccc1-c1nc2c3ccc(F)cc3c3c(=O)[nH]ccc3c2[nH]1. The highest BCUT2D eigenvalue weighted by molar-refractivity contribution is 6.23. The molecular formula is C21H14FN3O. The summed E-state index contributed by atoms with van der Waals surface area (Å²) in [7, 11) is 0. The van der Waals surface area contributed by atoms with Crippen LogP contribution in [0.15, 0.2) is 59.5 Å². The Bertz CT molecular complexity index is 1380. The van der Waals surface area contributed by atoms with E-state index in [9.17, 15) is 9.18 Å². The van der Waals surface area contributed by atoms with Gasteiger partial charge in [-0.1, -0.05) is 24.3 Å². The van der Waals surface area contributed by atoms with Crippen molar-refractivity contribution in [1.29, 1.82) is 0 Å². The second-order valence-corrected chi connectivity index (χ2v) is 6.41. The fraction of sp³-hybridized carbons (Fsp3) is 0.0476. The fourth-order valence-electron chi connectivity index (χ4n) is 3.61. The smallest absolute Gasteiger partial charge is 0.256 e. The summed E-state index contributed by atoms with van der Waals surface area (Å²) in [5.74, 6) is 0.354. The molecule has 3 aromatic carbocycles. The van der Waals surface area contributed by atoms with Crippen molar-refractivity contribution in [2.24, 2.45) is 0 Å². The van der Waals surface area contributed by atoms with Crippen LogP contribution < -0.4 is 5.56 Å². The molecule has 0 unspecified atom stereocenters. The third-order valence-corrected chi connectivity index (χ3v) is 4.84. The molecule has 2 aromatic heterocycles. The summed E-state index contributed by atoms with van der Waals surface area (Å²) in [6.45, 7) is 2.03. The normalized spacial score (nSPS) is 11.6. The Morgan fingerprint density at radius 2 is 1.85 bits per heavy atom. The number of benzene rings is 3. The first-order valence-electron chi connectivity index (χ1n) is 8.32. The number of fused-ring (bicyclic) bond motifs is 6. The Hall–Kier alpha value is -3.47. The first-order valence-corrected chi connectivity index (χ1v) is 8.32. The van der Waals surface area contributed by atoms with Crippen molar-refractivity contribution in [3.63, 3.8) is 0 Å². The van der Waals surface area contributed by atoms with Gasteiger partial charge in [-0.05, 0) is 36.8 Å². The lowest BCUT2D eigenvalue weighted by Crippen LogP contribution is -2.05. The van der Waals surface area contributed by atoms with Crippen LogP contribution in [0.2, 0.25) is 0 Å². The van der Waals surface area contributed by atoms with Gasteiger partial charge < -0.3 is 9.97 Å². The van der Waals surface area contributed by atoms with Crippen LogP contribution in [0.1, 0.15) is 5.56 Å². The maximum atomic E-state index is 13.9. The van der Waals surface area contributed by atoms with Gasteiger partial charge in [-0.3, -0.25) is 4.79 Å². The summed E-state index contributed by atoms with van der Waals surface area (Å²) >= 11 is 0. The maximum absolute atomic E-state index is 13.9. The lowest BCUT2D eigenvalue weighted by molar-refractivity contribution is 0.630. The van der Waals surface area contributed by atoms with Gasteiger partial charge in [0.15, 0.2) is 0 Å². The number of nitrogens with one attached hydrogen (secondary N) is 2. The number of pyridine rings is 1. The number of rotatable bonds is 1. The number of hydrogen-bond donors (Lipinski definition) is 2. The summed E-state index contributed by atoms with van der Waals surface area (Å²) in [6.07, 6.45) is 1.60. The van der Waals surface area contributed by atoms with E-state index in [1.54, 1.807) is 12.3 Å². The Morgan fingerprint density at radius 3 is 2.69 bits per heavy atom. The van der Waals surface area contributed by atoms with Gasteiger partial charge in [0, 0.05) is 27.9 Å². The second kappa shape index (κ2) is 5.26. The molecule has 0 aliphatic heterocycles. The van der Waals surface area contributed by atoms with E-state index in [0.717, 1.165) is 38.8 Å². The minimum atomic E-state index is -0.379. The van der Waals surface area contributed by atoms with Crippen LogP contribution in [0.25, 0.3) is 44.0 Å². The molecular weight excluding hydrogens is 329 g/mol. The Labute approximate surface area is 147 Å². The van der Waals surface area contributed by atoms with E-state index < -0.39 is 0 Å². The molecule has 2 heterocycles. The molecule has 5 heteroatoms. The van der Waals surface area contributed by atoms with E-state index in [-0.39, 0.29) is 11.4 Å². The van der Waals surface area contributed by atoms with E-state index in [2.05, 4.69) is 9.97 Å². The van der Waals surface area contributed by atoms with E-state index in [1.165, 1.54) is 12.1 Å². The fourth-order valence-corrected chi connectivity index (χ4v) is 3.61. The largest absolute Gasteiger partial charge is 0.337 e. The highest BCUT2D eigenvalue weighted by Gasteiger charge is 2.16. The average Bonchev–Trinajstić information content (AvgIpc) is 3.07. The number of hydrogen-bond acceptors (Lipinski definition) is 2. The van der Waals surface area contributed by atoms with Crippen LogP contribution in [-0.2, 0) is 0 Å². The van der Waals surface area contributed by atoms with E-state index in [4.69, 9.17) is 4.98 Å². The zero-order valence-electron chi connectivity index (χ0n) is 13.9. The number of aromatic amines is 2. The lowest BCUT2D eigenvalue weighted by Gasteiger charge is -2.05. The first kappa shape index (κ1) is 14.8. The van der Waals surface area contributed by atoms with Crippen LogP contribution in [0.4, 0.5) is 4.39 Å². The van der Waals surface area contributed by atoms with E-state index in [0.29, 0.717) is 10.8 Å². The maximum Gasteiger partial charge on any atom is 0.256 e. The average molecular weight is 343 g/mol. The third-order valence-electron chi connectivity index (χ3n) is 4.84. The molecule has 5 aromatic rings. The minimum absolute atomic E-state index is 0.243. The molecule has 0 aliphatic carbocycles. The molecule has 0 atom stereocenters. The van der Waals surface area contributed by atoms with Crippen molar-refractivity contribution in [3.05, 3.63) is 76.5 Å². The third kappa shape index (κ3) is 2.00. The number of halogens is 1. The molecule has 0 amide bonds. The molecule has 5 rings (SSSR count). The Balaban J connectivity index is 2.02. The molecule has 26 heavy (non-hydrogen) atoms. The van der Waals surface area contributed by atoms with Gasteiger partial charge in [0.05, 0.1) is 16.4 Å². The zero-order chi connectivity index (χ0) is 17.8. The summed E-state index contributed by atoms with van der Waals surface area (Å²) in [4.78, 5) is 23.3. The molecule has 0 saturated carbocycles. The summed E-state index contributed by atoms with van der Waals surface area (Å²) in [5.41, 5.74) is 3.37. The standard InChI is InChI=1S/C21H14FN3O/c1-11-4-2-3-5-13(11)20-24-18-14-7-6-12(22)10-16(14)17-15(19(18)25-20)8-9-23-21(17)26/h2-10H,1H3,(H,23,26)(H,24,25). The van der Waals surface area contributed by atoms with Crippen LogP contribution >= 0.6 is 0 Å². The topological polar surface area (TPSA) is 61.5 Å². The molecule has 4 nitrogen and oxygen atoms in total. The van der Waals surface area contributed by atoms with Gasteiger partial charge in [0.1, 0.15) is 11.6 Å².